The number of rotatable bonds is 7. The number of ether oxygens (including phenoxy) is 3. The Kier molecular flexibility index (Phi) is 7.61. The molecule has 1 fully saturated rings. The van der Waals surface area contributed by atoms with Gasteiger partial charge in [0.05, 0.1) is 49.1 Å². The SMILES string of the molecule is COc1ccc([C@@H](CNC(=O)c2cccc(Cl)c2Cl)N2CCOCC2)cc1OC. The van der Waals surface area contributed by atoms with Crippen molar-refractivity contribution in [1.82, 2.24) is 10.2 Å². The minimum Gasteiger partial charge on any atom is -0.493 e. The lowest BCUT2D eigenvalue weighted by molar-refractivity contribution is 0.0162. The predicted octanol–water partition coefficient (Wildman–Crippen LogP) is 3.81. The molecule has 2 aromatic rings. The average molecular weight is 439 g/mol. The van der Waals surface area contributed by atoms with E-state index < -0.39 is 0 Å². The molecular formula is C21H24Cl2N2O4. The molecule has 1 heterocycles. The van der Waals surface area contributed by atoms with Crippen molar-refractivity contribution in [1.29, 1.82) is 0 Å². The molecule has 1 saturated heterocycles. The quantitative estimate of drug-likeness (QED) is 0.711. The second kappa shape index (κ2) is 10.2. The first kappa shape index (κ1) is 21.7. The molecule has 0 aliphatic carbocycles. The number of carbonyl (C=O) groups excluding carboxylic acids is 1. The molecule has 6 nitrogen and oxygen atoms in total. The second-order valence-corrected chi connectivity index (χ2v) is 7.38. The van der Waals surface area contributed by atoms with Crippen LogP contribution in [0.5, 0.6) is 11.5 Å². The molecule has 1 N–H and O–H groups in total. The third-order valence-electron chi connectivity index (χ3n) is 4.93. The molecule has 2 aromatic carbocycles. The molecule has 0 saturated carbocycles. The van der Waals surface area contributed by atoms with Crippen molar-refractivity contribution in [2.45, 2.75) is 6.04 Å². The number of amides is 1. The van der Waals surface area contributed by atoms with E-state index in [0.29, 0.717) is 41.8 Å². The summed E-state index contributed by atoms with van der Waals surface area (Å²) in [6.45, 7) is 3.24. The van der Waals surface area contributed by atoms with E-state index in [2.05, 4.69) is 10.2 Å². The molecule has 0 aromatic heterocycles. The Labute approximate surface area is 180 Å². The maximum Gasteiger partial charge on any atom is 0.252 e. The van der Waals surface area contributed by atoms with Gasteiger partial charge in [-0.05, 0) is 29.8 Å². The number of benzene rings is 2. The predicted molar refractivity (Wildman–Crippen MR) is 113 cm³/mol. The van der Waals surface area contributed by atoms with E-state index in [1.165, 1.54) is 0 Å². The average Bonchev–Trinajstić information content (AvgIpc) is 2.76. The van der Waals surface area contributed by atoms with Gasteiger partial charge < -0.3 is 19.5 Å². The number of halogens is 2. The van der Waals surface area contributed by atoms with Crippen LogP contribution in [0.25, 0.3) is 0 Å². The number of nitrogens with zero attached hydrogens (tertiary/aromatic N) is 1. The van der Waals surface area contributed by atoms with Gasteiger partial charge in [-0.15, -0.1) is 0 Å². The van der Waals surface area contributed by atoms with E-state index >= 15 is 0 Å². The molecule has 1 aliphatic rings. The maximum atomic E-state index is 12.7. The Bertz CT molecular complexity index is 857. The van der Waals surface area contributed by atoms with Crippen molar-refractivity contribution in [2.75, 3.05) is 47.1 Å². The first-order chi connectivity index (χ1) is 14.0. The standard InChI is InChI=1S/C21H24Cl2N2O4/c1-27-18-7-6-14(12-19(18)28-2)17(25-8-10-29-11-9-25)13-24-21(26)15-4-3-5-16(22)20(15)23/h3-7,12,17H,8-11,13H2,1-2H3,(H,24,26)/t17-/m1/s1. The highest BCUT2D eigenvalue weighted by atomic mass is 35.5. The summed E-state index contributed by atoms with van der Waals surface area (Å²) in [5.41, 5.74) is 1.37. The molecule has 0 unspecified atom stereocenters. The lowest BCUT2D eigenvalue weighted by Crippen LogP contribution is -2.43. The van der Waals surface area contributed by atoms with E-state index in [-0.39, 0.29) is 17.0 Å². The molecule has 0 bridgehead atoms. The van der Waals surface area contributed by atoms with Crippen LogP contribution >= 0.6 is 23.2 Å². The van der Waals surface area contributed by atoms with Gasteiger partial charge in [0.1, 0.15) is 0 Å². The summed E-state index contributed by atoms with van der Waals surface area (Å²) < 4.78 is 16.3. The Hall–Kier alpha value is -1.99. The van der Waals surface area contributed by atoms with Crippen molar-refractivity contribution in [3.8, 4) is 11.5 Å². The monoisotopic (exact) mass is 438 g/mol. The number of nitrogens with one attached hydrogen (secondary N) is 1. The zero-order chi connectivity index (χ0) is 20.8. The lowest BCUT2D eigenvalue weighted by Gasteiger charge is -2.35. The summed E-state index contributed by atoms with van der Waals surface area (Å²) in [4.78, 5) is 15.0. The Balaban J connectivity index is 1.82. The first-order valence-corrected chi connectivity index (χ1v) is 10.1. The fraction of sp³-hybridized carbons (Fsp3) is 0.381. The highest BCUT2D eigenvalue weighted by molar-refractivity contribution is 6.43. The van der Waals surface area contributed by atoms with Crippen molar-refractivity contribution in [3.05, 3.63) is 57.6 Å². The summed E-state index contributed by atoms with van der Waals surface area (Å²) in [7, 11) is 3.21. The van der Waals surface area contributed by atoms with Crippen LogP contribution in [0.4, 0.5) is 0 Å². The Morgan fingerprint density at radius 2 is 1.86 bits per heavy atom. The second-order valence-electron chi connectivity index (χ2n) is 6.59. The highest BCUT2D eigenvalue weighted by Crippen LogP contribution is 2.32. The van der Waals surface area contributed by atoms with Crippen LogP contribution in [0.3, 0.4) is 0 Å². The van der Waals surface area contributed by atoms with Crippen molar-refractivity contribution >= 4 is 29.1 Å². The van der Waals surface area contributed by atoms with Crippen molar-refractivity contribution in [3.63, 3.8) is 0 Å². The molecule has 29 heavy (non-hydrogen) atoms. The number of methoxy groups -OCH3 is 2. The van der Waals surface area contributed by atoms with Crippen molar-refractivity contribution in [2.24, 2.45) is 0 Å². The van der Waals surface area contributed by atoms with Gasteiger partial charge in [-0.25, -0.2) is 0 Å². The van der Waals surface area contributed by atoms with Gasteiger partial charge in [0, 0.05) is 19.6 Å². The van der Waals surface area contributed by atoms with Crippen LogP contribution in [0.15, 0.2) is 36.4 Å². The van der Waals surface area contributed by atoms with Crippen molar-refractivity contribution < 1.29 is 19.0 Å². The molecule has 1 aliphatic heterocycles. The summed E-state index contributed by atoms with van der Waals surface area (Å²) in [5, 5.41) is 3.59. The number of hydrogen-bond acceptors (Lipinski definition) is 5. The molecule has 1 atom stereocenters. The van der Waals surface area contributed by atoms with Crippen LogP contribution in [0.1, 0.15) is 22.0 Å². The topological polar surface area (TPSA) is 60.0 Å². The summed E-state index contributed by atoms with van der Waals surface area (Å²) in [6.07, 6.45) is 0. The smallest absolute Gasteiger partial charge is 0.252 e. The summed E-state index contributed by atoms with van der Waals surface area (Å²) >= 11 is 12.2. The first-order valence-electron chi connectivity index (χ1n) is 9.31. The summed E-state index contributed by atoms with van der Waals surface area (Å²) in [6, 6.07) is 10.8. The third-order valence-corrected chi connectivity index (χ3v) is 5.75. The molecule has 1 amide bonds. The third kappa shape index (κ3) is 5.14. The van der Waals surface area contributed by atoms with E-state index in [4.69, 9.17) is 37.4 Å². The summed E-state index contributed by atoms with van der Waals surface area (Å²) in [5.74, 6) is 1.04. The number of carbonyl (C=O) groups is 1. The normalized spacial score (nSPS) is 15.6. The number of morpholine rings is 1. The van der Waals surface area contributed by atoms with E-state index in [1.807, 2.05) is 18.2 Å². The van der Waals surface area contributed by atoms with Crippen LogP contribution in [0, 0.1) is 0 Å². The Morgan fingerprint density at radius 3 is 2.55 bits per heavy atom. The van der Waals surface area contributed by atoms with E-state index in [0.717, 1.165) is 18.7 Å². The van der Waals surface area contributed by atoms with Gasteiger partial charge in [0.25, 0.3) is 5.91 Å². The van der Waals surface area contributed by atoms with Gasteiger partial charge in [-0.1, -0.05) is 35.3 Å². The molecule has 0 spiro atoms. The van der Waals surface area contributed by atoms with Gasteiger partial charge in [0.15, 0.2) is 11.5 Å². The largest absolute Gasteiger partial charge is 0.493 e. The zero-order valence-electron chi connectivity index (χ0n) is 16.4. The van der Waals surface area contributed by atoms with Gasteiger partial charge in [-0.2, -0.15) is 0 Å². The van der Waals surface area contributed by atoms with Gasteiger partial charge in [0.2, 0.25) is 0 Å². The fourth-order valence-corrected chi connectivity index (χ4v) is 3.76. The van der Waals surface area contributed by atoms with Gasteiger partial charge in [-0.3, -0.25) is 9.69 Å². The van der Waals surface area contributed by atoms with Crippen LogP contribution in [-0.4, -0.2) is 57.9 Å². The van der Waals surface area contributed by atoms with Crippen LogP contribution in [0.2, 0.25) is 10.0 Å². The minimum absolute atomic E-state index is 0.0550. The maximum absolute atomic E-state index is 12.7. The fourth-order valence-electron chi connectivity index (χ4n) is 3.37. The van der Waals surface area contributed by atoms with E-state index in [9.17, 15) is 4.79 Å². The molecular weight excluding hydrogens is 415 g/mol. The van der Waals surface area contributed by atoms with Gasteiger partial charge >= 0.3 is 0 Å². The number of hydrogen-bond donors (Lipinski definition) is 1. The highest BCUT2D eigenvalue weighted by Gasteiger charge is 2.25. The molecule has 156 valence electrons. The molecule has 8 heteroatoms. The minimum atomic E-state index is -0.267. The molecule has 0 radical (unpaired) electrons. The zero-order valence-corrected chi connectivity index (χ0v) is 17.9. The Morgan fingerprint density at radius 1 is 1.14 bits per heavy atom. The lowest BCUT2D eigenvalue weighted by atomic mass is 10.0. The molecule has 3 rings (SSSR count). The van der Waals surface area contributed by atoms with Crippen LogP contribution in [-0.2, 0) is 4.74 Å². The van der Waals surface area contributed by atoms with E-state index in [1.54, 1.807) is 32.4 Å². The van der Waals surface area contributed by atoms with Crippen LogP contribution < -0.4 is 14.8 Å².